The Morgan fingerprint density at radius 1 is 1.14 bits per heavy atom. The zero-order chi connectivity index (χ0) is 24.8. The topological polar surface area (TPSA) is 100 Å². The number of nitrogens with zero attached hydrogens (tertiary/aromatic N) is 4. The van der Waals surface area contributed by atoms with Crippen LogP contribution in [0.25, 0.3) is 10.8 Å². The van der Waals surface area contributed by atoms with Crippen LogP contribution in [0.1, 0.15) is 23.2 Å². The smallest absolute Gasteiger partial charge is 0.249 e. The van der Waals surface area contributed by atoms with E-state index in [1.807, 2.05) is 47.0 Å². The summed E-state index contributed by atoms with van der Waals surface area (Å²) in [5, 5.41) is 14.4. The molecule has 0 radical (unpaired) electrons. The van der Waals surface area contributed by atoms with Crippen molar-refractivity contribution in [2.45, 2.75) is 25.4 Å². The summed E-state index contributed by atoms with van der Waals surface area (Å²) in [5.41, 5.74) is 2.78. The molecule has 3 aromatic carbocycles. The molecule has 0 spiro atoms. The molecule has 36 heavy (non-hydrogen) atoms. The highest BCUT2D eigenvalue weighted by Gasteiger charge is 2.34. The molecule has 8 nitrogen and oxygen atoms in total. The van der Waals surface area contributed by atoms with E-state index in [4.69, 9.17) is 4.74 Å². The molecule has 0 unspecified atom stereocenters. The van der Waals surface area contributed by atoms with Crippen LogP contribution >= 0.6 is 15.9 Å². The van der Waals surface area contributed by atoms with Crippen molar-refractivity contribution in [1.82, 2.24) is 14.9 Å². The van der Waals surface area contributed by atoms with Crippen molar-refractivity contribution in [3.05, 3.63) is 82.3 Å². The van der Waals surface area contributed by atoms with Gasteiger partial charge in [-0.25, -0.2) is 4.98 Å². The molecule has 0 saturated carbocycles. The van der Waals surface area contributed by atoms with E-state index in [0.717, 1.165) is 32.2 Å². The molecule has 2 aliphatic rings. The van der Waals surface area contributed by atoms with Gasteiger partial charge in [-0.05, 0) is 53.8 Å². The van der Waals surface area contributed by atoms with Gasteiger partial charge in [-0.1, -0.05) is 28.1 Å². The molecule has 1 fully saturated rings. The fourth-order valence-electron chi connectivity index (χ4n) is 4.83. The summed E-state index contributed by atoms with van der Waals surface area (Å²) >= 11 is 3.56. The van der Waals surface area contributed by atoms with Crippen LogP contribution in [-0.2, 0) is 22.6 Å². The summed E-state index contributed by atoms with van der Waals surface area (Å²) < 4.78 is 8.95. The van der Waals surface area contributed by atoms with Crippen molar-refractivity contribution in [2.75, 3.05) is 11.4 Å². The maximum atomic E-state index is 13.4. The lowest BCUT2D eigenvalue weighted by molar-refractivity contribution is -0.126. The molecule has 1 N–H and O–H groups in total. The van der Waals surface area contributed by atoms with E-state index in [1.165, 1.54) is 0 Å². The highest BCUT2D eigenvalue weighted by Crippen LogP contribution is 2.37. The number of hydrogen-bond acceptors (Lipinski definition) is 5. The second-order valence-electron chi connectivity index (χ2n) is 8.94. The number of aromatic nitrogens is 2. The number of hydrogen-bond donors (Lipinski definition) is 1. The second-order valence-corrected chi connectivity index (χ2v) is 9.86. The first kappa shape index (κ1) is 22.3. The van der Waals surface area contributed by atoms with Gasteiger partial charge >= 0.3 is 0 Å². The molecule has 178 valence electrons. The SMILES string of the molecule is N#Cc1ccc2cc1Oc1ccc3cc(Br)cc(c3c1)N1CC[C@@H](NC(=O)Cc3cncn3C2)C1=O. The number of halogens is 1. The first-order valence-electron chi connectivity index (χ1n) is 11.5. The third kappa shape index (κ3) is 3.99. The number of imidazole rings is 1. The molecule has 3 heterocycles. The summed E-state index contributed by atoms with van der Waals surface area (Å²) in [6, 6.07) is 16.6. The molecule has 9 heteroatoms. The Morgan fingerprint density at radius 3 is 2.89 bits per heavy atom. The van der Waals surface area contributed by atoms with Gasteiger partial charge in [-0.3, -0.25) is 9.59 Å². The van der Waals surface area contributed by atoms with Gasteiger partial charge in [0.2, 0.25) is 11.8 Å². The average molecular weight is 542 g/mol. The van der Waals surface area contributed by atoms with Crippen molar-refractivity contribution in [3.63, 3.8) is 0 Å². The molecular weight excluding hydrogens is 522 g/mol. The molecule has 6 rings (SSSR count). The number of amides is 2. The Balaban J connectivity index is 1.51. The minimum Gasteiger partial charge on any atom is -0.456 e. The van der Waals surface area contributed by atoms with Gasteiger partial charge in [0.1, 0.15) is 23.6 Å². The van der Waals surface area contributed by atoms with Crippen LogP contribution in [0.3, 0.4) is 0 Å². The fraction of sp³-hybridized carbons (Fsp3) is 0.185. The maximum absolute atomic E-state index is 13.4. The zero-order valence-electron chi connectivity index (χ0n) is 19.1. The first-order chi connectivity index (χ1) is 17.5. The van der Waals surface area contributed by atoms with Gasteiger partial charge in [-0.2, -0.15) is 5.26 Å². The van der Waals surface area contributed by atoms with Crippen molar-refractivity contribution < 1.29 is 14.3 Å². The number of carbonyl (C=O) groups is 2. The number of rotatable bonds is 0. The van der Waals surface area contributed by atoms with Gasteiger partial charge in [-0.15, -0.1) is 0 Å². The van der Waals surface area contributed by atoms with Gasteiger partial charge < -0.3 is 19.5 Å². The largest absolute Gasteiger partial charge is 0.456 e. The van der Waals surface area contributed by atoms with Crippen molar-refractivity contribution in [1.29, 1.82) is 5.26 Å². The van der Waals surface area contributed by atoms with E-state index in [-0.39, 0.29) is 18.2 Å². The Kier molecular flexibility index (Phi) is 5.46. The predicted octanol–water partition coefficient (Wildman–Crippen LogP) is 4.29. The van der Waals surface area contributed by atoms with Crippen LogP contribution in [0.2, 0.25) is 0 Å². The van der Waals surface area contributed by atoms with E-state index >= 15 is 0 Å². The number of nitrogens with one attached hydrogen (secondary N) is 1. The summed E-state index contributed by atoms with van der Waals surface area (Å²) in [6.45, 7) is 0.940. The minimum atomic E-state index is -0.591. The van der Waals surface area contributed by atoms with Crippen LogP contribution in [0.15, 0.2) is 65.5 Å². The summed E-state index contributed by atoms with van der Waals surface area (Å²) in [4.78, 5) is 32.2. The quantitative estimate of drug-likeness (QED) is 0.358. The fourth-order valence-corrected chi connectivity index (χ4v) is 5.30. The van der Waals surface area contributed by atoms with Crippen LogP contribution < -0.4 is 15.0 Å². The predicted molar refractivity (Wildman–Crippen MR) is 137 cm³/mol. The third-order valence-electron chi connectivity index (χ3n) is 6.59. The Hall–Kier alpha value is -4.16. The molecule has 2 amide bonds. The van der Waals surface area contributed by atoms with Crippen molar-refractivity contribution in [3.8, 4) is 17.6 Å². The molecule has 1 saturated heterocycles. The van der Waals surface area contributed by atoms with Gasteiger partial charge in [0.05, 0.1) is 24.0 Å². The number of anilines is 1. The standard InChI is InChI=1S/C27H20BrN5O3/c28-19-8-17-3-4-21-11-22(17)24(9-19)33-6-5-23(27(33)35)31-26(34)10-20-13-30-15-32(20)14-16-1-2-18(12-29)25(7-16)36-21/h1-4,7-9,11,13,15,23H,5-6,10,14H2,(H,31,34)/t23-/m1/s1. The van der Waals surface area contributed by atoms with Crippen LogP contribution in [0.5, 0.6) is 11.5 Å². The second kappa shape index (κ2) is 8.81. The third-order valence-corrected chi connectivity index (χ3v) is 7.05. The molecule has 6 bridgehead atoms. The molecule has 1 aromatic heterocycles. The molecule has 1 atom stereocenters. The number of ether oxygens (including phenoxy) is 1. The average Bonchev–Trinajstić information content (AvgIpc) is 3.44. The van der Waals surface area contributed by atoms with Crippen molar-refractivity contribution >= 4 is 44.2 Å². The number of nitriles is 1. The number of carbonyl (C=O) groups excluding carboxylic acids is 2. The summed E-state index contributed by atoms with van der Waals surface area (Å²) in [7, 11) is 0. The number of fused-ring (bicyclic) bond motifs is 7. The van der Waals surface area contributed by atoms with E-state index in [9.17, 15) is 14.9 Å². The van der Waals surface area contributed by atoms with Gasteiger partial charge in [0, 0.05) is 34.8 Å². The summed E-state index contributed by atoms with van der Waals surface area (Å²) in [6.07, 6.45) is 3.94. The number of benzene rings is 3. The van der Waals surface area contributed by atoms with E-state index in [2.05, 4.69) is 32.3 Å². The Bertz CT molecular complexity index is 1590. The Morgan fingerprint density at radius 2 is 2.03 bits per heavy atom. The van der Waals surface area contributed by atoms with Gasteiger partial charge in [0.25, 0.3) is 0 Å². The summed E-state index contributed by atoms with van der Waals surface area (Å²) in [5.74, 6) is 0.620. The zero-order valence-corrected chi connectivity index (χ0v) is 20.7. The minimum absolute atomic E-state index is 0.103. The van der Waals surface area contributed by atoms with Gasteiger partial charge in [0.15, 0.2) is 0 Å². The van der Waals surface area contributed by atoms with E-state index in [1.54, 1.807) is 23.5 Å². The first-order valence-corrected chi connectivity index (χ1v) is 12.3. The normalized spacial score (nSPS) is 17.3. The lowest BCUT2D eigenvalue weighted by atomic mass is 10.1. The van der Waals surface area contributed by atoms with Crippen LogP contribution in [0, 0.1) is 11.3 Å². The monoisotopic (exact) mass is 541 g/mol. The molecule has 2 aliphatic heterocycles. The van der Waals surface area contributed by atoms with Crippen LogP contribution in [0.4, 0.5) is 5.69 Å². The molecule has 4 aromatic rings. The molecular formula is C27H20BrN5O3. The Labute approximate surface area is 215 Å². The van der Waals surface area contributed by atoms with Crippen LogP contribution in [-0.4, -0.2) is 34.0 Å². The van der Waals surface area contributed by atoms with E-state index in [0.29, 0.717) is 36.6 Å². The van der Waals surface area contributed by atoms with Crippen molar-refractivity contribution in [2.24, 2.45) is 0 Å². The lowest BCUT2D eigenvalue weighted by Crippen LogP contribution is -2.42. The lowest BCUT2D eigenvalue weighted by Gasteiger charge is -2.20. The van der Waals surface area contributed by atoms with E-state index < -0.39 is 6.04 Å². The molecule has 0 aliphatic carbocycles. The highest BCUT2D eigenvalue weighted by molar-refractivity contribution is 9.10. The maximum Gasteiger partial charge on any atom is 0.249 e. The highest BCUT2D eigenvalue weighted by atomic mass is 79.9.